The van der Waals surface area contributed by atoms with E-state index in [4.69, 9.17) is 5.11 Å². The van der Waals surface area contributed by atoms with E-state index in [9.17, 15) is 31.9 Å². The number of hydrogen-bond donors (Lipinski definition) is 2. The highest BCUT2D eigenvalue weighted by molar-refractivity contribution is 6.03. The number of rotatable bonds is 4. The van der Waals surface area contributed by atoms with E-state index in [0.29, 0.717) is 47.1 Å². The number of carbonyl (C=O) groups is 2. The molecule has 1 saturated heterocycles. The zero-order valence-corrected chi connectivity index (χ0v) is 18.5. The van der Waals surface area contributed by atoms with Crippen molar-refractivity contribution in [2.45, 2.75) is 32.0 Å². The van der Waals surface area contributed by atoms with E-state index in [1.807, 2.05) is 0 Å². The summed E-state index contributed by atoms with van der Waals surface area (Å²) in [5.41, 5.74) is -0.656. The van der Waals surface area contributed by atoms with Gasteiger partial charge in [0, 0.05) is 30.1 Å². The van der Waals surface area contributed by atoms with Crippen LogP contribution < -0.4 is 10.9 Å². The number of pyridine rings is 1. The van der Waals surface area contributed by atoms with Crippen molar-refractivity contribution in [2.75, 3.05) is 18.4 Å². The highest BCUT2D eigenvalue weighted by atomic mass is 19.4. The first-order valence-corrected chi connectivity index (χ1v) is 10.7. The number of carboxylic acid groups (broad SMARTS) is 1. The molecule has 1 atom stereocenters. The maximum atomic E-state index is 13.9. The van der Waals surface area contributed by atoms with Crippen molar-refractivity contribution in [3.05, 3.63) is 75.5 Å². The van der Waals surface area contributed by atoms with Gasteiger partial charge in [-0.3, -0.25) is 9.59 Å². The fourth-order valence-electron chi connectivity index (χ4n) is 4.31. The molecule has 7 nitrogen and oxygen atoms in total. The van der Waals surface area contributed by atoms with Crippen LogP contribution in [0.1, 0.15) is 29.2 Å². The lowest BCUT2D eigenvalue weighted by Crippen LogP contribution is -2.30. The van der Waals surface area contributed by atoms with Crippen molar-refractivity contribution in [3.63, 3.8) is 0 Å². The third kappa shape index (κ3) is 4.84. The summed E-state index contributed by atoms with van der Waals surface area (Å²) in [6, 6.07) is 6.94. The fourth-order valence-corrected chi connectivity index (χ4v) is 4.31. The summed E-state index contributed by atoms with van der Waals surface area (Å²) >= 11 is 0. The van der Waals surface area contributed by atoms with E-state index >= 15 is 0 Å². The number of aromatic nitrogens is 1. The van der Waals surface area contributed by atoms with Gasteiger partial charge in [-0.05, 0) is 48.7 Å². The van der Waals surface area contributed by atoms with Crippen LogP contribution in [-0.2, 0) is 17.4 Å². The zero-order chi connectivity index (χ0) is 25.5. The molecular formula is C24H21F4N3O4. The molecule has 1 fully saturated rings. The van der Waals surface area contributed by atoms with Crippen LogP contribution >= 0.6 is 0 Å². The topological polar surface area (TPSA) is 91.6 Å². The van der Waals surface area contributed by atoms with Crippen LogP contribution in [0, 0.1) is 12.7 Å². The van der Waals surface area contributed by atoms with E-state index in [-0.39, 0.29) is 30.1 Å². The van der Waals surface area contributed by atoms with Gasteiger partial charge in [-0.25, -0.2) is 9.18 Å². The SMILES string of the molecule is Cc1ccc2c(=O)n(C3CCN(C(=O)O)C3)ccc2c1NC(=O)Cc1ccc(C(F)(F)F)c(F)c1. The molecule has 2 aromatic carbocycles. The van der Waals surface area contributed by atoms with Crippen molar-refractivity contribution in [1.82, 2.24) is 9.47 Å². The van der Waals surface area contributed by atoms with Gasteiger partial charge in [0.25, 0.3) is 5.56 Å². The highest BCUT2D eigenvalue weighted by Crippen LogP contribution is 2.32. The molecule has 4 rings (SSSR count). The Morgan fingerprint density at radius 1 is 1.14 bits per heavy atom. The highest BCUT2D eigenvalue weighted by Gasteiger charge is 2.34. The summed E-state index contributed by atoms with van der Waals surface area (Å²) in [6.45, 7) is 2.24. The molecule has 0 saturated carbocycles. The Morgan fingerprint density at radius 3 is 2.51 bits per heavy atom. The standard InChI is InChI=1S/C24H21F4N3O4/c1-13-2-4-17-16(7-9-31(22(17)33)15-6-8-30(12-15)23(34)35)21(13)29-20(32)11-14-3-5-18(19(25)10-14)24(26,27)28/h2-5,7,9-10,15H,6,8,11-12H2,1H3,(H,29,32)(H,34,35). The molecule has 11 heteroatoms. The van der Waals surface area contributed by atoms with Gasteiger partial charge in [-0.1, -0.05) is 12.1 Å². The van der Waals surface area contributed by atoms with Crippen molar-refractivity contribution in [1.29, 1.82) is 0 Å². The molecule has 1 aliphatic rings. The van der Waals surface area contributed by atoms with E-state index in [2.05, 4.69) is 5.32 Å². The van der Waals surface area contributed by atoms with Crippen LogP contribution in [0.25, 0.3) is 10.8 Å². The Bertz CT molecular complexity index is 1380. The second kappa shape index (κ2) is 9.05. The van der Waals surface area contributed by atoms with E-state index < -0.39 is 29.6 Å². The van der Waals surface area contributed by atoms with Crippen LogP contribution in [0.4, 0.5) is 28.0 Å². The third-order valence-electron chi connectivity index (χ3n) is 6.12. The summed E-state index contributed by atoms with van der Waals surface area (Å²) in [6.07, 6.45) is -4.19. The summed E-state index contributed by atoms with van der Waals surface area (Å²) in [5.74, 6) is -2.05. The maximum Gasteiger partial charge on any atom is 0.419 e. The number of anilines is 1. The number of likely N-dealkylation sites (tertiary alicyclic amines) is 1. The maximum absolute atomic E-state index is 13.9. The number of nitrogens with one attached hydrogen (secondary N) is 1. The van der Waals surface area contributed by atoms with Gasteiger partial charge in [0.1, 0.15) is 5.82 Å². The number of alkyl halides is 3. The molecule has 35 heavy (non-hydrogen) atoms. The van der Waals surface area contributed by atoms with Gasteiger partial charge < -0.3 is 19.9 Å². The Kier molecular flexibility index (Phi) is 6.27. The predicted octanol–water partition coefficient (Wildman–Crippen LogP) is 4.57. The quantitative estimate of drug-likeness (QED) is 0.523. The first-order valence-electron chi connectivity index (χ1n) is 10.7. The number of nitrogens with zero attached hydrogens (tertiary/aromatic N) is 2. The van der Waals surface area contributed by atoms with Gasteiger partial charge in [-0.15, -0.1) is 0 Å². The molecule has 1 aromatic heterocycles. The molecule has 0 spiro atoms. The van der Waals surface area contributed by atoms with Gasteiger partial charge in [0.2, 0.25) is 5.91 Å². The van der Waals surface area contributed by atoms with E-state index in [1.165, 1.54) is 9.47 Å². The molecule has 0 bridgehead atoms. The molecule has 2 amide bonds. The second-order valence-corrected chi connectivity index (χ2v) is 8.45. The number of aryl methyl sites for hydroxylation is 1. The molecule has 1 aliphatic heterocycles. The Balaban J connectivity index is 1.59. The molecule has 2 heterocycles. The van der Waals surface area contributed by atoms with Crippen LogP contribution in [0.5, 0.6) is 0 Å². The molecule has 2 N–H and O–H groups in total. The second-order valence-electron chi connectivity index (χ2n) is 8.45. The Hall–Kier alpha value is -3.89. The Morgan fingerprint density at radius 2 is 1.89 bits per heavy atom. The first kappa shape index (κ1) is 24.2. The average molecular weight is 491 g/mol. The van der Waals surface area contributed by atoms with Gasteiger partial charge in [0.15, 0.2) is 0 Å². The van der Waals surface area contributed by atoms with Gasteiger partial charge in [0.05, 0.1) is 23.7 Å². The molecule has 0 radical (unpaired) electrons. The smallest absolute Gasteiger partial charge is 0.419 e. The molecule has 184 valence electrons. The molecule has 3 aromatic rings. The lowest BCUT2D eigenvalue weighted by molar-refractivity contribution is -0.140. The molecule has 0 aliphatic carbocycles. The lowest BCUT2D eigenvalue weighted by atomic mass is 10.0. The monoisotopic (exact) mass is 491 g/mol. The first-order chi connectivity index (χ1) is 16.5. The number of hydrogen-bond acceptors (Lipinski definition) is 3. The van der Waals surface area contributed by atoms with Crippen LogP contribution in [0.2, 0.25) is 0 Å². The van der Waals surface area contributed by atoms with Gasteiger partial charge >= 0.3 is 12.3 Å². The summed E-state index contributed by atoms with van der Waals surface area (Å²) in [7, 11) is 0. The number of benzene rings is 2. The van der Waals surface area contributed by atoms with Crippen molar-refractivity contribution in [2.24, 2.45) is 0 Å². The predicted molar refractivity (Wildman–Crippen MR) is 120 cm³/mol. The van der Waals surface area contributed by atoms with Crippen LogP contribution in [0.15, 0.2) is 47.4 Å². The lowest BCUT2D eigenvalue weighted by Gasteiger charge is -2.17. The number of amides is 2. The Labute approximate surface area is 196 Å². The van der Waals surface area contributed by atoms with Crippen molar-refractivity contribution in [3.8, 4) is 0 Å². The van der Waals surface area contributed by atoms with Crippen LogP contribution in [0.3, 0.4) is 0 Å². The number of carbonyl (C=O) groups excluding carboxylic acids is 1. The van der Waals surface area contributed by atoms with Crippen molar-refractivity contribution < 1.29 is 32.3 Å². The third-order valence-corrected chi connectivity index (χ3v) is 6.12. The number of fused-ring (bicyclic) bond motifs is 1. The van der Waals surface area contributed by atoms with E-state index in [0.717, 1.165) is 6.07 Å². The summed E-state index contributed by atoms with van der Waals surface area (Å²) < 4.78 is 53.6. The molecular weight excluding hydrogens is 470 g/mol. The molecule has 1 unspecified atom stereocenters. The largest absolute Gasteiger partial charge is 0.465 e. The normalized spacial score (nSPS) is 16.0. The fraction of sp³-hybridized carbons (Fsp3) is 0.292. The van der Waals surface area contributed by atoms with Gasteiger partial charge in [-0.2, -0.15) is 13.2 Å². The summed E-state index contributed by atoms with van der Waals surface area (Å²) in [4.78, 5) is 38.2. The van der Waals surface area contributed by atoms with E-state index in [1.54, 1.807) is 31.3 Å². The minimum atomic E-state index is -4.83. The minimum Gasteiger partial charge on any atom is -0.465 e. The zero-order valence-electron chi connectivity index (χ0n) is 18.5. The van der Waals surface area contributed by atoms with Crippen molar-refractivity contribution >= 4 is 28.5 Å². The minimum absolute atomic E-state index is 0.0671. The average Bonchev–Trinajstić information content (AvgIpc) is 3.25. The summed E-state index contributed by atoms with van der Waals surface area (Å²) in [5, 5.41) is 12.6. The van der Waals surface area contributed by atoms with Crippen LogP contribution in [-0.4, -0.2) is 39.7 Å². The number of halogens is 4.